The zero-order valence-electron chi connectivity index (χ0n) is 10.2. The standard InChI is InChI=1S/C14H19NO2/c1-11(7-12-5-3-2-4-6-12)15-9-13(10-15)8-14(16)17/h2-6,11,13H,7-10H2,1H3,(H,16,17). The van der Waals surface area contributed by atoms with Crippen LogP contribution in [0.5, 0.6) is 0 Å². The van der Waals surface area contributed by atoms with Gasteiger partial charge in [0.25, 0.3) is 0 Å². The molecule has 1 atom stereocenters. The molecule has 1 N–H and O–H groups in total. The maximum absolute atomic E-state index is 10.6. The molecule has 0 radical (unpaired) electrons. The first kappa shape index (κ1) is 12.1. The fourth-order valence-corrected chi connectivity index (χ4v) is 2.43. The van der Waals surface area contributed by atoms with Gasteiger partial charge >= 0.3 is 5.97 Å². The number of carboxylic acid groups (broad SMARTS) is 1. The monoisotopic (exact) mass is 233 g/mol. The topological polar surface area (TPSA) is 40.5 Å². The van der Waals surface area contributed by atoms with E-state index in [4.69, 9.17) is 5.11 Å². The second-order valence-corrected chi connectivity index (χ2v) is 4.96. The molecule has 0 amide bonds. The van der Waals surface area contributed by atoms with Gasteiger partial charge < -0.3 is 5.11 Å². The molecule has 17 heavy (non-hydrogen) atoms. The van der Waals surface area contributed by atoms with Gasteiger partial charge in [-0.3, -0.25) is 9.69 Å². The van der Waals surface area contributed by atoms with E-state index in [0.717, 1.165) is 19.5 Å². The molecule has 92 valence electrons. The second kappa shape index (κ2) is 5.32. The Morgan fingerprint density at radius 3 is 2.65 bits per heavy atom. The quantitative estimate of drug-likeness (QED) is 0.846. The lowest BCUT2D eigenvalue weighted by Crippen LogP contribution is -2.52. The van der Waals surface area contributed by atoms with E-state index in [0.29, 0.717) is 18.4 Å². The van der Waals surface area contributed by atoms with Crippen molar-refractivity contribution in [1.82, 2.24) is 4.90 Å². The third-order valence-electron chi connectivity index (χ3n) is 3.45. The highest BCUT2D eigenvalue weighted by atomic mass is 16.4. The van der Waals surface area contributed by atoms with E-state index in [1.165, 1.54) is 5.56 Å². The molecule has 0 bridgehead atoms. The van der Waals surface area contributed by atoms with Crippen LogP contribution < -0.4 is 0 Å². The Hall–Kier alpha value is -1.35. The normalized spacial score (nSPS) is 18.6. The first-order valence-electron chi connectivity index (χ1n) is 6.15. The van der Waals surface area contributed by atoms with Crippen molar-refractivity contribution in [1.29, 1.82) is 0 Å². The maximum Gasteiger partial charge on any atom is 0.303 e. The fourth-order valence-electron chi connectivity index (χ4n) is 2.43. The van der Waals surface area contributed by atoms with Gasteiger partial charge in [0.15, 0.2) is 0 Å². The fraction of sp³-hybridized carbons (Fsp3) is 0.500. The van der Waals surface area contributed by atoms with Crippen molar-refractivity contribution in [2.75, 3.05) is 13.1 Å². The summed E-state index contributed by atoms with van der Waals surface area (Å²) in [5.74, 6) is -0.323. The number of likely N-dealkylation sites (tertiary alicyclic amines) is 1. The molecule has 1 aromatic rings. The highest BCUT2D eigenvalue weighted by molar-refractivity contribution is 5.67. The zero-order valence-corrected chi connectivity index (χ0v) is 10.2. The zero-order chi connectivity index (χ0) is 12.3. The summed E-state index contributed by atoms with van der Waals surface area (Å²) in [4.78, 5) is 12.9. The van der Waals surface area contributed by atoms with E-state index in [1.807, 2.05) is 6.07 Å². The van der Waals surface area contributed by atoms with Crippen LogP contribution in [0.25, 0.3) is 0 Å². The third kappa shape index (κ3) is 3.30. The summed E-state index contributed by atoms with van der Waals surface area (Å²) in [5.41, 5.74) is 1.35. The van der Waals surface area contributed by atoms with Crippen LogP contribution in [-0.2, 0) is 11.2 Å². The number of aliphatic carboxylic acids is 1. The summed E-state index contributed by atoms with van der Waals surface area (Å²) in [6, 6.07) is 10.9. The number of benzene rings is 1. The lowest BCUT2D eigenvalue weighted by molar-refractivity contribution is -0.139. The van der Waals surface area contributed by atoms with E-state index >= 15 is 0 Å². The van der Waals surface area contributed by atoms with Crippen molar-refractivity contribution >= 4 is 5.97 Å². The van der Waals surface area contributed by atoms with Crippen LogP contribution in [0.4, 0.5) is 0 Å². The SMILES string of the molecule is CC(Cc1ccccc1)N1CC(CC(=O)O)C1. The predicted molar refractivity (Wildman–Crippen MR) is 66.9 cm³/mol. The number of nitrogens with zero attached hydrogens (tertiary/aromatic N) is 1. The van der Waals surface area contributed by atoms with Crippen LogP contribution >= 0.6 is 0 Å². The largest absolute Gasteiger partial charge is 0.481 e. The van der Waals surface area contributed by atoms with Gasteiger partial charge in [0.2, 0.25) is 0 Å². The second-order valence-electron chi connectivity index (χ2n) is 4.96. The molecule has 1 fully saturated rings. The van der Waals surface area contributed by atoms with Gasteiger partial charge in [0.1, 0.15) is 0 Å². The van der Waals surface area contributed by atoms with Crippen LogP contribution in [0, 0.1) is 5.92 Å². The van der Waals surface area contributed by atoms with Crippen molar-refractivity contribution in [3.05, 3.63) is 35.9 Å². The molecule has 3 nitrogen and oxygen atoms in total. The minimum atomic E-state index is -0.676. The lowest BCUT2D eigenvalue weighted by atomic mass is 9.93. The first-order valence-corrected chi connectivity index (χ1v) is 6.15. The summed E-state index contributed by atoms with van der Waals surface area (Å²) in [6.45, 7) is 4.07. The van der Waals surface area contributed by atoms with Crippen molar-refractivity contribution in [3.8, 4) is 0 Å². The van der Waals surface area contributed by atoms with Crippen LogP contribution in [0.2, 0.25) is 0 Å². The smallest absolute Gasteiger partial charge is 0.303 e. The van der Waals surface area contributed by atoms with Gasteiger partial charge in [0, 0.05) is 19.1 Å². The average Bonchev–Trinajstić information content (AvgIpc) is 2.23. The van der Waals surface area contributed by atoms with Crippen molar-refractivity contribution in [2.24, 2.45) is 5.92 Å². The minimum Gasteiger partial charge on any atom is -0.481 e. The summed E-state index contributed by atoms with van der Waals surface area (Å²) in [5, 5.41) is 8.69. The number of hydrogen-bond donors (Lipinski definition) is 1. The summed E-state index contributed by atoms with van der Waals surface area (Å²) in [7, 11) is 0. The number of hydrogen-bond acceptors (Lipinski definition) is 2. The van der Waals surface area contributed by atoms with E-state index in [9.17, 15) is 4.79 Å². The first-order chi connectivity index (χ1) is 8.15. The van der Waals surface area contributed by atoms with Gasteiger partial charge in [0.05, 0.1) is 6.42 Å². The molecule has 3 heteroatoms. The summed E-state index contributed by atoms with van der Waals surface area (Å²) >= 11 is 0. The van der Waals surface area contributed by atoms with Crippen molar-refractivity contribution in [3.63, 3.8) is 0 Å². The molecular weight excluding hydrogens is 214 g/mol. The Balaban J connectivity index is 1.76. The molecule has 0 aliphatic carbocycles. The van der Waals surface area contributed by atoms with E-state index in [-0.39, 0.29) is 0 Å². The van der Waals surface area contributed by atoms with Gasteiger partial charge in [-0.25, -0.2) is 0 Å². The Labute approximate surface area is 102 Å². The van der Waals surface area contributed by atoms with Crippen LogP contribution in [-0.4, -0.2) is 35.1 Å². The molecule has 1 aliphatic heterocycles. The Kier molecular flexibility index (Phi) is 3.79. The molecule has 2 rings (SSSR count). The van der Waals surface area contributed by atoms with Gasteiger partial charge in [-0.2, -0.15) is 0 Å². The molecule has 1 heterocycles. The Bertz CT molecular complexity index is 371. The van der Waals surface area contributed by atoms with Crippen LogP contribution in [0.15, 0.2) is 30.3 Å². The number of carbonyl (C=O) groups is 1. The van der Waals surface area contributed by atoms with Crippen molar-refractivity contribution in [2.45, 2.75) is 25.8 Å². The molecule has 0 spiro atoms. The van der Waals surface area contributed by atoms with Crippen LogP contribution in [0.3, 0.4) is 0 Å². The van der Waals surface area contributed by atoms with E-state index < -0.39 is 5.97 Å². The summed E-state index contributed by atoms with van der Waals surface area (Å²) in [6.07, 6.45) is 1.36. The third-order valence-corrected chi connectivity index (χ3v) is 3.45. The Morgan fingerprint density at radius 1 is 1.41 bits per heavy atom. The van der Waals surface area contributed by atoms with Crippen LogP contribution in [0.1, 0.15) is 18.9 Å². The highest BCUT2D eigenvalue weighted by Gasteiger charge is 2.31. The molecule has 1 aromatic carbocycles. The molecular formula is C14H19NO2. The van der Waals surface area contributed by atoms with E-state index in [1.54, 1.807) is 0 Å². The molecule has 0 saturated carbocycles. The molecule has 1 saturated heterocycles. The molecule has 1 aliphatic rings. The van der Waals surface area contributed by atoms with E-state index in [2.05, 4.69) is 36.1 Å². The maximum atomic E-state index is 10.6. The number of carboxylic acids is 1. The van der Waals surface area contributed by atoms with Gasteiger partial charge in [-0.05, 0) is 24.8 Å². The van der Waals surface area contributed by atoms with Gasteiger partial charge in [-0.15, -0.1) is 0 Å². The highest BCUT2D eigenvalue weighted by Crippen LogP contribution is 2.23. The molecule has 0 aromatic heterocycles. The lowest BCUT2D eigenvalue weighted by Gasteiger charge is -2.42. The minimum absolute atomic E-state index is 0.314. The average molecular weight is 233 g/mol. The molecule has 1 unspecified atom stereocenters. The number of rotatable bonds is 5. The van der Waals surface area contributed by atoms with Crippen molar-refractivity contribution < 1.29 is 9.90 Å². The predicted octanol–water partition coefficient (Wildman–Crippen LogP) is 2.02. The van der Waals surface area contributed by atoms with Gasteiger partial charge in [-0.1, -0.05) is 30.3 Å². The summed E-state index contributed by atoms with van der Waals surface area (Å²) < 4.78 is 0. The Morgan fingerprint density at radius 2 is 2.06 bits per heavy atom.